The van der Waals surface area contributed by atoms with Crippen molar-refractivity contribution in [3.05, 3.63) is 0 Å². The van der Waals surface area contributed by atoms with Gasteiger partial charge in [-0.2, -0.15) is 0 Å². The fourth-order valence-corrected chi connectivity index (χ4v) is 2.69. The lowest BCUT2D eigenvalue weighted by Gasteiger charge is -2.35. The summed E-state index contributed by atoms with van der Waals surface area (Å²) >= 11 is 0. The van der Waals surface area contributed by atoms with E-state index in [2.05, 4.69) is 22.9 Å². The maximum atomic E-state index is 11.7. The van der Waals surface area contributed by atoms with Crippen LogP contribution in [0.1, 0.15) is 46.0 Å². The SMILES string of the molecule is CCNCCCNC(=O)NCC1(C(=O)O)CCC(C)CC1. The van der Waals surface area contributed by atoms with Crippen molar-refractivity contribution in [3.63, 3.8) is 0 Å². The molecule has 0 radical (unpaired) electrons. The van der Waals surface area contributed by atoms with Crippen LogP contribution in [0.25, 0.3) is 0 Å². The number of urea groups is 1. The van der Waals surface area contributed by atoms with Crippen LogP contribution in [0.4, 0.5) is 4.79 Å². The van der Waals surface area contributed by atoms with E-state index in [0.717, 1.165) is 32.4 Å². The second kappa shape index (κ2) is 8.87. The number of amides is 2. The molecule has 1 aliphatic rings. The van der Waals surface area contributed by atoms with Gasteiger partial charge in [0.05, 0.1) is 5.41 Å². The number of nitrogens with one attached hydrogen (secondary N) is 3. The van der Waals surface area contributed by atoms with Crippen molar-refractivity contribution in [2.24, 2.45) is 11.3 Å². The zero-order valence-electron chi connectivity index (χ0n) is 13.2. The summed E-state index contributed by atoms with van der Waals surface area (Å²) in [6.45, 7) is 6.79. The number of rotatable bonds is 8. The summed E-state index contributed by atoms with van der Waals surface area (Å²) in [5.74, 6) is -0.209. The highest BCUT2D eigenvalue weighted by atomic mass is 16.4. The van der Waals surface area contributed by atoms with Crippen LogP contribution in [0.2, 0.25) is 0 Å². The van der Waals surface area contributed by atoms with Crippen LogP contribution in [-0.2, 0) is 4.79 Å². The molecule has 0 aromatic carbocycles. The molecule has 1 rings (SSSR count). The Morgan fingerprint density at radius 2 is 1.86 bits per heavy atom. The van der Waals surface area contributed by atoms with Crippen LogP contribution < -0.4 is 16.0 Å². The van der Waals surface area contributed by atoms with Crippen LogP contribution in [-0.4, -0.2) is 43.3 Å². The molecule has 0 spiro atoms. The average molecular weight is 299 g/mol. The summed E-state index contributed by atoms with van der Waals surface area (Å²) in [5.41, 5.74) is -0.784. The standard InChI is InChI=1S/C15H29N3O3/c1-3-16-9-4-10-17-14(21)18-11-15(13(19)20)7-5-12(2)6-8-15/h12,16H,3-11H2,1-2H3,(H,19,20)(H2,17,18,21). The van der Waals surface area contributed by atoms with Gasteiger partial charge in [0, 0.05) is 13.1 Å². The van der Waals surface area contributed by atoms with Crippen LogP contribution in [0.5, 0.6) is 0 Å². The molecule has 0 unspecified atom stereocenters. The summed E-state index contributed by atoms with van der Waals surface area (Å²) in [4.78, 5) is 23.3. The van der Waals surface area contributed by atoms with Gasteiger partial charge in [-0.3, -0.25) is 4.79 Å². The van der Waals surface area contributed by atoms with E-state index in [1.165, 1.54) is 0 Å². The van der Waals surface area contributed by atoms with Gasteiger partial charge in [0.15, 0.2) is 0 Å². The van der Waals surface area contributed by atoms with E-state index in [1.54, 1.807) is 0 Å². The molecule has 21 heavy (non-hydrogen) atoms. The first-order valence-corrected chi connectivity index (χ1v) is 7.96. The number of carboxylic acid groups (broad SMARTS) is 1. The van der Waals surface area contributed by atoms with Crippen LogP contribution in [0.3, 0.4) is 0 Å². The Labute approximate surface area is 127 Å². The van der Waals surface area contributed by atoms with Crippen molar-refractivity contribution in [2.75, 3.05) is 26.2 Å². The van der Waals surface area contributed by atoms with Crippen molar-refractivity contribution in [1.82, 2.24) is 16.0 Å². The number of carbonyl (C=O) groups is 2. The van der Waals surface area contributed by atoms with E-state index in [-0.39, 0.29) is 12.6 Å². The second-order valence-corrected chi connectivity index (χ2v) is 6.08. The molecule has 0 saturated heterocycles. The molecule has 1 fully saturated rings. The number of hydrogen-bond acceptors (Lipinski definition) is 3. The summed E-state index contributed by atoms with van der Waals surface area (Å²) in [7, 11) is 0. The minimum absolute atomic E-state index is 0.216. The van der Waals surface area contributed by atoms with E-state index < -0.39 is 11.4 Å². The van der Waals surface area contributed by atoms with Crippen molar-refractivity contribution >= 4 is 12.0 Å². The number of aliphatic carboxylic acids is 1. The highest BCUT2D eigenvalue weighted by molar-refractivity contribution is 5.78. The first kappa shape index (κ1) is 17.8. The Balaban J connectivity index is 2.30. The Bertz CT molecular complexity index is 339. The Kier molecular flexibility index (Phi) is 7.50. The highest BCUT2D eigenvalue weighted by Crippen LogP contribution is 2.38. The third-order valence-electron chi connectivity index (χ3n) is 4.34. The van der Waals surface area contributed by atoms with Gasteiger partial charge in [-0.15, -0.1) is 0 Å². The molecule has 1 saturated carbocycles. The summed E-state index contributed by atoms with van der Waals surface area (Å²) < 4.78 is 0. The van der Waals surface area contributed by atoms with Crippen LogP contribution in [0, 0.1) is 11.3 Å². The van der Waals surface area contributed by atoms with E-state index in [0.29, 0.717) is 25.3 Å². The molecule has 0 heterocycles. The third kappa shape index (κ3) is 5.91. The molecule has 0 aliphatic heterocycles. The minimum Gasteiger partial charge on any atom is -0.481 e. The van der Waals surface area contributed by atoms with Gasteiger partial charge < -0.3 is 21.1 Å². The van der Waals surface area contributed by atoms with Crippen molar-refractivity contribution in [2.45, 2.75) is 46.0 Å². The Hall–Kier alpha value is -1.30. The topological polar surface area (TPSA) is 90.5 Å². The van der Waals surface area contributed by atoms with E-state index >= 15 is 0 Å². The van der Waals surface area contributed by atoms with Gasteiger partial charge in [0.25, 0.3) is 0 Å². The van der Waals surface area contributed by atoms with Gasteiger partial charge in [-0.25, -0.2) is 4.79 Å². The summed E-state index contributed by atoms with van der Waals surface area (Å²) in [6, 6.07) is -0.272. The lowest BCUT2D eigenvalue weighted by molar-refractivity contribution is -0.151. The lowest BCUT2D eigenvalue weighted by Crippen LogP contribution is -2.48. The van der Waals surface area contributed by atoms with Crippen molar-refractivity contribution < 1.29 is 14.7 Å². The maximum absolute atomic E-state index is 11.7. The van der Waals surface area contributed by atoms with E-state index in [4.69, 9.17) is 0 Å². The first-order chi connectivity index (χ1) is 10.00. The van der Waals surface area contributed by atoms with Crippen LogP contribution in [0.15, 0.2) is 0 Å². The normalized spacial score (nSPS) is 25.3. The minimum atomic E-state index is -0.790. The average Bonchev–Trinajstić information content (AvgIpc) is 2.46. The molecular weight excluding hydrogens is 270 g/mol. The molecule has 0 aromatic heterocycles. The third-order valence-corrected chi connectivity index (χ3v) is 4.34. The fourth-order valence-electron chi connectivity index (χ4n) is 2.69. The largest absolute Gasteiger partial charge is 0.481 e. The predicted octanol–water partition coefficient (Wildman–Crippen LogP) is 1.57. The summed E-state index contributed by atoms with van der Waals surface area (Å²) in [5, 5.41) is 18.2. The van der Waals surface area contributed by atoms with Gasteiger partial charge in [0.2, 0.25) is 0 Å². The number of carbonyl (C=O) groups excluding carboxylic acids is 1. The summed E-state index contributed by atoms with van der Waals surface area (Å²) in [6.07, 6.45) is 3.98. The zero-order chi connectivity index (χ0) is 15.7. The molecule has 0 atom stereocenters. The maximum Gasteiger partial charge on any atom is 0.314 e. The zero-order valence-corrected chi connectivity index (χ0v) is 13.2. The van der Waals surface area contributed by atoms with Gasteiger partial charge in [0.1, 0.15) is 0 Å². The van der Waals surface area contributed by atoms with Crippen molar-refractivity contribution in [3.8, 4) is 0 Å². The van der Waals surface area contributed by atoms with Crippen LogP contribution >= 0.6 is 0 Å². The van der Waals surface area contributed by atoms with E-state index in [9.17, 15) is 14.7 Å². The molecule has 0 bridgehead atoms. The molecule has 0 aromatic rings. The van der Waals surface area contributed by atoms with Gasteiger partial charge >= 0.3 is 12.0 Å². The Morgan fingerprint density at radius 3 is 2.43 bits per heavy atom. The molecule has 6 nitrogen and oxygen atoms in total. The van der Waals surface area contributed by atoms with E-state index in [1.807, 2.05) is 6.92 Å². The molecule has 6 heteroatoms. The van der Waals surface area contributed by atoms with Crippen molar-refractivity contribution in [1.29, 1.82) is 0 Å². The quantitative estimate of drug-likeness (QED) is 0.512. The molecule has 2 amide bonds. The highest BCUT2D eigenvalue weighted by Gasteiger charge is 2.41. The molecule has 122 valence electrons. The smallest absolute Gasteiger partial charge is 0.314 e. The molecule has 1 aliphatic carbocycles. The lowest BCUT2D eigenvalue weighted by atomic mass is 9.71. The monoisotopic (exact) mass is 299 g/mol. The first-order valence-electron chi connectivity index (χ1n) is 7.96. The van der Waals surface area contributed by atoms with Gasteiger partial charge in [-0.1, -0.05) is 13.8 Å². The fraction of sp³-hybridized carbons (Fsp3) is 0.867. The predicted molar refractivity (Wildman–Crippen MR) is 82.3 cm³/mol. The molecule has 4 N–H and O–H groups in total. The van der Waals surface area contributed by atoms with Gasteiger partial charge in [-0.05, 0) is 51.1 Å². The Morgan fingerprint density at radius 1 is 1.19 bits per heavy atom. The molecular formula is C15H29N3O3. The number of hydrogen-bond donors (Lipinski definition) is 4. The second-order valence-electron chi connectivity index (χ2n) is 6.08. The number of carboxylic acids is 1.